The van der Waals surface area contributed by atoms with Crippen molar-refractivity contribution in [2.75, 3.05) is 0 Å². The Morgan fingerprint density at radius 2 is 2.12 bits per heavy atom. The molecule has 0 unspecified atom stereocenters. The zero-order chi connectivity index (χ0) is 18.3. The van der Waals surface area contributed by atoms with E-state index in [0.717, 1.165) is 38.2 Å². The molecule has 0 saturated heterocycles. The van der Waals surface area contributed by atoms with Crippen molar-refractivity contribution in [1.82, 2.24) is 19.2 Å². The molecule has 0 saturated carbocycles. The third-order valence-corrected chi connectivity index (χ3v) is 6.18. The summed E-state index contributed by atoms with van der Waals surface area (Å²) in [5.41, 5.74) is 2.91. The number of hydrogen-bond donors (Lipinski definition) is 0. The maximum absolute atomic E-state index is 12.6. The van der Waals surface area contributed by atoms with Crippen LogP contribution in [0.1, 0.15) is 28.8 Å². The number of nitrogens with zero attached hydrogens (tertiary/aromatic N) is 5. The van der Waals surface area contributed by atoms with Gasteiger partial charge in [0.05, 0.1) is 11.6 Å². The van der Waals surface area contributed by atoms with Crippen LogP contribution in [0.25, 0.3) is 15.3 Å². The molecule has 0 atom stereocenters. The number of aromatic nitrogens is 4. The maximum atomic E-state index is 12.6. The molecule has 132 valence electrons. The minimum atomic E-state index is -0.143. The molecule has 0 aliphatic heterocycles. The van der Waals surface area contributed by atoms with Crippen LogP contribution in [0.4, 0.5) is 0 Å². The zero-order valence-electron chi connectivity index (χ0n) is 14.6. The highest BCUT2D eigenvalue weighted by molar-refractivity contribution is 7.18. The second-order valence-electron chi connectivity index (χ2n) is 5.90. The molecular weight excluding hydrogens is 366 g/mol. The summed E-state index contributed by atoms with van der Waals surface area (Å²) in [6.45, 7) is 6.12. The molecule has 4 rings (SSSR count). The average molecular weight is 384 g/mol. The van der Waals surface area contributed by atoms with Crippen LogP contribution in [0.3, 0.4) is 0 Å². The van der Waals surface area contributed by atoms with Crippen molar-refractivity contribution < 1.29 is 0 Å². The van der Waals surface area contributed by atoms with Gasteiger partial charge in [0.25, 0.3) is 5.56 Å². The molecule has 0 aliphatic carbocycles. The largest absolute Gasteiger partial charge is 0.294 e. The van der Waals surface area contributed by atoms with Crippen LogP contribution in [0.2, 0.25) is 0 Å². The predicted molar refractivity (Wildman–Crippen MR) is 107 cm³/mol. The highest BCUT2D eigenvalue weighted by atomic mass is 32.1. The van der Waals surface area contributed by atoms with Crippen LogP contribution in [-0.4, -0.2) is 25.4 Å². The van der Waals surface area contributed by atoms with E-state index in [2.05, 4.69) is 26.6 Å². The monoisotopic (exact) mass is 383 g/mol. The van der Waals surface area contributed by atoms with Gasteiger partial charge in [-0.15, -0.1) is 22.7 Å². The quantitative estimate of drug-likeness (QED) is 0.504. The van der Waals surface area contributed by atoms with Gasteiger partial charge in [0.1, 0.15) is 11.2 Å². The Morgan fingerprint density at radius 1 is 1.27 bits per heavy atom. The van der Waals surface area contributed by atoms with E-state index < -0.39 is 0 Å². The summed E-state index contributed by atoms with van der Waals surface area (Å²) < 4.78 is 3.38. The predicted octanol–water partition coefficient (Wildman–Crippen LogP) is 3.77. The lowest BCUT2D eigenvalue weighted by Crippen LogP contribution is -2.16. The van der Waals surface area contributed by atoms with Gasteiger partial charge in [-0.3, -0.25) is 9.36 Å². The third kappa shape index (κ3) is 2.81. The SMILES string of the molecule is CCc1cc2c(=O)n(/N=C\c3cc(C)n(-c4nccs4)c3C)cnc2s1. The van der Waals surface area contributed by atoms with Gasteiger partial charge in [0, 0.05) is 33.4 Å². The zero-order valence-corrected chi connectivity index (χ0v) is 16.3. The van der Waals surface area contributed by atoms with E-state index in [1.54, 1.807) is 35.1 Å². The highest BCUT2D eigenvalue weighted by Crippen LogP contribution is 2.22. The first kappa shape index (κ1) is 16.9. The normalized spacial score (nSPS) is 11.8. The Balaban J connectivity index is 1.73. The van der Waals surface area contributed by atoms with Crippen molar-refractivity contribution in [3.63, 3.8) is 0 Å². The number of fused-ring (bicyclic) bond motifs is 1. The lowest BCUT2D eigenvalue weighted by molar-refractivity contribution is 0.818. The number of hydrogen-bond acceptors (Lipinski definition) is 6. The summed E-state index contributed by atoms with van der Waals surface area (Å²) in [7, 11) is 0. The standard InChI is InChI=1S/C18H17N5OS2/c1-4-14-8-15-16(26-14)20-10-22(17(15)24)21-9-13-7-11(2)23(12(13)3)18-19-5-6-25-18/h5-10H,4H2,1-3H3/b21-9-. The van der Waals surface area contributed by atoms with E-state index in [9.17, 15) is 4.79 Å². The van der Waals surface area contributed by atoms with Gasteiger partial charge in [-0.2, -0.15) is 9.78 Å². The molecule has 4 heterocycles. The van der Waals surface area contributed by atoms with E-state index in [0.29, 0.717) is 5.39 Å². The molecule has 0 aromatic carbocycles. The molecule has 26 heavy (non-hydrogen) atoms. The average Bonchev–Trinajstić information content (AvgIpc) is 3.34. The molecule has 0 N–H and O–H groups in total. The number of rotatable bonds is 4. The van der Waals surface area contributed by atoms with E-state index >= 15 is 0 Å². The number of thiazole rings is 1. The lowest BCUT2D eigenvalue weighted by atomic mass is 10.3. The van der Waals surface area contributed by atoms with Gasteiger partial charge in [-0.25, -0.2) is 9.97 Å². The molecule has 8 heteroatoms. The second kappa shape index (κ2) is 6.62. The molecule has 4 aromatic rings. The van der Waals surface area contributed by atoms with Crippen molar-refractivity contribution in [3.05, 3.63) is 62.2 Å². The Morgan fingerprint density at radius 3 is 2.85 bits per heavy atom. The van der Waals surface area contributed by atoms with Gasteiger partial charge in [0.15, 0.2) is 5.13 Å². The second-order valence-corrected chi connectivity index (χ2v) is 7.89. The van der Waals surface area contributed by atoms with Crippen molar-refractivity contribution in [2.24, 2.45) is 5.10 Å². The first-order valence-corrected chi connectivity index (χ1v) is 9.91. The van der Waals surface area contributed by atoms with Crippen molar-refractivity contribution in [3.8, 4) is 5.13 Å². The van der Waals surface area contributed by atoms with Crippen LogP contribution in [0, 0.1) is 13.8 Å². The molecule has 4 aromatic heterocycles. The number of thiophene rings is 1. The highest BCUT2D eigenvalue weighted by Gasteiger charge is 2.12. The summed E-state index contributed by atoms with van der Waals surface area (Å²) in [6, 6.07) is 3.95. The molecule has 0 radical (unpaired) electrons. The van der Waals surface area contributed by atoms with E-state index in [4.69, 9.17) is 0 Å². The summed E-state index contributed by atoms with van der Waals surface area (Å²) in [6.07, 6.45) is 5.87. The van der Waals surface area contributed by atoms with Crippen LogP contribution >= 0.6 is 22.7 Å². The fourth-order valence-electron chi connectivity index (χ4n) is 2.88. The topological polar surface area (TPSA) is 65.1 Å². The Kier molecular flexibility index (Phi) is 4.29. The Hall–Kier alpha value is -2.58. The fraction of sp³-hybridized carbons (Fsp3) is 0.222. The van der Waals surface area contributed by atoms with E-state index in [-0.39, 0.29) is 5.56 Å². The fourth-order valence-corrected chi connectivity index (χ4v) is 4.56. The lowest BCUT2D eigenvalue weighted by Gasteiger charge is -2.04. The first-order chi connectivity index (χ1) is 12.6. The van der Waals surface area contributed by atoms with Gasteiger partial charge in [-0.05, 0) is 32.4 Å². The van der Waals surface area contributed by atoms with Gasteiger partial charge < -0.3 is 0 Å². The Bertz CT molecular complexity index is 1160. The van der Waals surface area contributed by atoms with Crippen molar-refractivity contribution in [1.29, 1.82) is 0 Å². The smallest absolute Gasteiger partial charge is 0.282 e. The third-order valence-electron chi connectivity index (χ3n) is 4.24. The van der Waals surface area contributed by atoms with E-state index in [1.165, 1.54) is 11.0 Å². The van der Waals surface area contributed by atoms with Crippen LogP contribution in [0.5, 0.6) is 0 Å². The molecule has 0 amide bonds. The van der Waals surface area contributed by atoms with Gasteiger partial charge in [0.2, 0.25) is 0 Å². The minimum absolute atomic E-state index is 0.143. The molecule has 6 nitrogen and oxygen atoms in total. The van der Waals surface area contributed by atoms with Crippen LogP contribution in [-0.2, 0) is 6.42 Å². The van der Waals surface area contributed by atoms with E-state index in [1.807, 2.05) is 31.4 Å². The summed E-state index contributed by atoms with van der Waals surface area (Å²) in [5, 5.41) is 7.85. The Labute approximate surface area is 158 Å². The molecular formula is C18H17N5OS2. The summed E-state index contributed by atoms with van der Waals surface area (Å²) in [4.78, 5) is 23.3. The molecule has 0 fully saturated rings. The van der Waals surface area contributed by atoms with Crippen LogP contribution in [0.15, 0.2) is 39.9 Å². The summed E-state index contributed by atoms with van der Waals surface area (Å²) in [5.74, 6) is 0. The number of aryl methyl sites for hydroxylation is 2. The van der Waals surface area contributed by atoms with Crippen molar-refractivity contribution in [2.45, 2.75) is 27.2 Å². The van der Waals surface area contributed by atoms with Crippen molar-refractivity contribution >= 4 is 39.1 Å². The first-order valence-electron chi connectivity index (χ1n) is 8.21. The molecule has 0 spiro atoms. The minimum Gasteiger partial charge on any atom is -0.294 e. The maximum Gasteiger partial charge on any atom is 0.282 e. The molecule has 0 bridgehead atoms. The van der Waals surface area contributed by atoms with Crippen LogP contribution < -0.4 is 5.56 Å². The summed E-state index contributed by atoms with van der Waals surface area (Å²) >= 11 is 3.14. The van der Waals surface area contributed by atoms with Gasteiger partial charge in [-0.1, -0.05) is 6.92 Å². The molecule has 0 aliphatic rings. The van der Waals surface area contributed by atoms with Gasteiger partial charge >= 0.3 is 0 Å².